The highest BCUT2D eigenvalue weighted by Gasteiger charge is 2.31. The first kappa shape index (κ1) is 16.6. The molecule has 3 nitrogen and oxygen atoms in total. The van der Waals surface area contributed by atoms with Gasteiger partial charge in [-0.2, -0.15) is 0 Å². The maximum Gasteiger partial charge on any atom is 0.573 e. The van der Waals surface area contributed by atoms with Crippen LogP contribution < -0.4 is 10.1 Å². The highest BCUT2D eigenvalue weighted by Crippen LogP contribution is 2.31. The summed E-state index contributed by atoms with van der Waals surface area (Å²) >= 11 is 3.10. The molecule has 1 heterocycles. The van der Waals surface area contributed by atoms with Gasteiger partial charge in [0.05, 0.1) is 4.47 Å². The first-order valence-corrected chi connectivity index (χ1v) is 7.56. The summed E-state index contributed by atoms with van der Waals surface area (Å²) in [5.41, 5.74) is 0.906. The largest absolute Gasteiger partial charge is 0.573 e. The molecule has 1 N–H and O–H groups in total. The minimum Gasteiger partial charge on any atom is -0.405 e. The zero-order valence-electron chi connectivity index (χ0n) is 11.4. The second-order valence-electron chi connectivity index (χ2n) is 5.00. The van der Waals surface area contributed by atoms with Gasteiger partial charge in [0, 0.05) is 19.8 Å². The molecule has 1 fully saturated rings. The third-order valence-electron chi connectivity index (χ3n) is 3.32. The molecule has 0 spiro atoms. The summed E-state index contributed by atoms with van der Waals surface area (Å²) in [7, 11) is 0. The number of rotatable bonds is 5. The SMILES string of the molecule is FC(F)(F)Oc1ccc(CNCC2CCOCC2)cc1Br. The van der Waals surface area contributed by atoms with Crippen molar-refractivity contribution in [2.45, 2.75) is 25.7 Å². The summed E-state index contributed by atoms with van der Waals surface area (Å²) in [4.78, 5) is 0. The molecule has 1 aliphatic heterocycles. The van der Waals surface area contributed by atoms with Gasteiger partial charge in [0.25, 0.3) is 0 Å². The molecule has 0 atom stereocenters. The van der Waals surface area contributed by atoms with Crippen molar-refractivity contribution in [1.29, 1.82) is 0 Å². The van der Waals surface area contributed by atoms with E-state index in [1.54, 1.807) is 12.1 Å². The van der Waals surface area contributed by atoms with E-state index in [0.717, 1.165) is 38.2 Å². The molecule has 1 aromatic carbocycles. The molecule has 0 radical (unpaired) electrons. The van der Waals surface area contributed by atoms with E-state index in [2.05, 4.69) is 26.0 Å². The van der Waals surface area contributed by atoms with Gasteiger partial charge in [-0.15, -0.1) is 13.2 Å². The van der Waals surface area contributed by atoms with Crippen molar-refractivity contribution < 1.29 is 22.6 Å². The molecule has 0 saturated carbocycles. The molecular weight excluding hydrogens is 351 g/mol. The van der Waals surface area contributed by atoms with Crippen LogP contribution in [0, 0.1) is 5.92 Å². The van der Waals surface area contributed by atoms with Gasteiger partial charge in [-0.1, -0.05) is 6.07 Å². The molecule has 1 saturated heterocycles. The van der Waals surface area contributed by atoms with Gasteiger partial charge in [0.2, 0.25) is 0 Å². The maximum atomic E-state index is 12.2. The average Bonchev–Trinajstić information content (AvgIpc) is 2.42. The Morgan fingerprint density at radius 3 is 2.62 bits per heavy atom. The van der Waals surface area contributed by atoms with Crippen molar-refractivity contribution in [3.05, 3.63) is 28.2 Å². The Bertz CT molecular complexity index is 462. The highest BCUT2D eigenvalue weighted by atomic mass is 79.9. The molecule has 118 valence electrons. The van der Waals surface area contributed by atoms with Crippen molar-refractivity contribution in [3.8, 4) is 5.75 Å². The zero-order chi connectivity index (χ0) is 15.3. The Labute approximate surface area is 129 Å². The number of halogens is 4. The Morgan fingerprint density at radius 2 is 2.00 bits per heavy atom. The van der Waals surface area contributed by atoms with Gasteiger partial charge in [-0.05, 0) is 58.9 Å². The van der Waals surface area contributed by atoms with Gasteiger partial charge < -0.3 is 14.8 Å². The molecule has 2 rings (SSSR count). The van der Waals surface area contributed by atoms with Gasteiger partial charge in [-0.3, -0.25) is 0 Å². The topological polar surface area (TPSA) is 30.5 Å². The summed E-state index contributed by atoms with van der Waals surface area (Å²) < 4.78 is 46.0. The lowest BCUT2D eigenvalue weighted by Crippen LogP contribution is -2.27. The Balaban J connectivity index is 1.82. The van der Waals surface area contributed by atoms with Crippen LogP contribution >= 0.6 is 15.9 Å². The second-order valence-corrected chi connectivity index (χ2v) is 5.85. The Hall–Kier alpha value is -0.790. The van der Waals surface area contributed by atoms with Crippen LogP contribution in [0.2, 0.25) is 0 Å². The minimum atomic E-state index is -4.68. The summed E-state index contributed by atoms with van der Waals surface area (Å²) in [5.74, 6) is 0.380. The van der Waals surface area contributed by atoms with Crippen LogP contribution in [0.3, 0.4) is 0 Å². The lowest BCUT2D eigenvalue weighted by atomic mass is 10.0. The van der Waals surface area contributed by atoms with Crippen molar-refractivity contribution in [2.75, 3.05) is 19.8 Å². The van der Waals surface area contributed by atoms with Crippen molar-refractivity contribution >= 4 is 15.9 Å². The molecule has 1 aliphatic rings. The van der Waals surface area contributed by atoms with E-state index < -0.39 is 6.36 Å². The number of nitrogens with one attached hydrogen (secondary N) is 1. The monoisotopic (exact) mass is 367 g/mol. The van der Waals surface area contributed by atoms with Crippen LogP contribution in [0.25, 0.3) is 0 Å². The standard InChI is InChI=1S/C14H17BrF3NO2/c15-12-7-11(1-2-13(12)21-14(16,17)18)9-19-8-10-3-5-20-6-4-10/h1-2,7,10,19H,3-6,8-9H2. The Kier molecular flexibility index (Phi) is 5.89. The number of ether oxygens (including phenoxy) is 2. The third kappa shape index (κ3) is 5.84. The van der Waals surface area contributed by atoms with E-state index in [1.807, 2.05) is 0 Å². The van der Waals surface area contributed by atoms with E-state index >= 15 is 0 Å². The van der Waals surface area contributed by atoms with Crippen LogP contribution in [-0.4, -0.2) is 26.1 Å². The first-order chi connectivity index (χ1) is 9.94. The van der Waals surface area contributed by atoms with Crippen LogP contribution in [0.1, 0.15) is 18.4 Å². The summed E-state index contributed by atoms with van der Waals surface area (Å²) in [6.45, 7) is 3.12. The van der Waals surface area contributed by atoms with Gasteiger partial charge in [-0.25, -0.2) is 0 Å². The quantitative estimate of drug-likeness (QED) is 0.856. The third-order valence-corrected chi connectivity index (χ3v) is 3.94. The van der Waals surface area contributed by atoms with Crippen molar-refractivity contribution in [3.63, 3.8) is 0 Å². The number of alkyl halides is 3. The molecule has 0 amide bonds. The van der Waals surface area contributed by atoms with Crippen molar-refractivity contribution in [1.82, 2.24) is 5.32 Å². The lowest BCUT2D eigenvalue weighted by molar-refractivity contribution is -0.274. The van der Waals surface area contributed by atoms with Crippen molar-refractivity contribution in [2.24, 2.45) is 5.92 Å². The van der Waals surface area contributed by atoms with Crippen LogP contribution in [0.4, 0.5) is 13.2 Å². The molecule has 1 aromatic rings. The summed E-state index contributed by atoms with van der Waals surface area (Å²) in [5, 5.41) is 3.33. The second kappa shape index (κ2) is 7.47. The highest BCUT2D eigenvalue weighted by molar-refractivity contribution is 9.10. The predicted octanol–water partition coefficient (Wildman–Crippen LogP) is 3.86. The lowest BCUT2D eigenvalue weighted by Gasteiger charge is -2.22. The normalized spacial score (nSPS) is 17.0. The molecule has 7 heteroatoms. The molecule has 0 bridgehead atoms. The van der Waals surface area contributed by atoms with Gasteiger partial charge in [0.15, 0.2) is 0 Å². The first-order valence-electron chi connectivity index (χ1n) is 6.76. The number of benzene rings is 1. The molecule has 0 aliphatic carbocycles. The predicted molar refractivity (Wildman–Crippen MR) is 76.1 cm³/mol. The maximum absolute atomic E-state index is 12.2. The molecule has 0 unspecified atom stereocenters. The zero-order valence-corrected chi connectivity index (χ0v) is 13.0. The van der Waals surface area contributed by atoms with Gasteiger partial charge in [0.1, 0.15) is 5.75 Å². The fourth-order valence-corrected chi connectivity index (χ4v) is 2.74. The van der Waals surface area contributed by atoms with E-state index in [9.17, 15) is 13.2 Å². The van der Waals surface area contributed by atoms with Gasteiger partial charge >= 0.3 is 6.36 Å². The van der Waals surface area contributed by atoms with E-state index in [0.29, 0.717) is 16.9 Å². The summed E-state index contributed by atoms with van der Waals surface area (Å²) in [6, 6.07) is 4.59. The minimum absolute atomic E-state index is 0.226. The van der Waals surface area contributed by atoms with Crippen LogP contribution in [0.15, 0.2) is 22.7 Å². The fourth-order valence-electron chi connectivity index (χ4n) is 2.23. The molecular formula is C14H17BrF3NO2. The van der Waals surface area contributed by atoms with E-state index in [4.69, 9.17) is 4.74 Å². The smallest absolute Gasteiger partial charge is 0.405 e. The fraction of sp³-hybridized carbons (Fsp3) is 0.571. The van der Waals surface area contributed by atoms with Crippen LogP contribution in [0.5, 0.6) is 5.75 Å². The number of hydrogen-bond acceptors (Lipinski definition) is 3. The molecule has 21 heavy (non-hydrogen) atoms. The van der Waals surface area contributed by atoms with E-state index in [-0.39, 0.29) is 5.75 Å². The van der Waals surface area contributed by atoms with E-state index in [1.165, 1.54) is 6.07 Å². The summed E-state index contributed by atoms with van der Waals surface area (Å²) in [6.07, 6.45) is -2.57. The number of hydrogen-bond donors (Lipinski definition) is 1. The average molecular weight is 368 g/mol. The Morgan fingerprint density at radius 1 is 1.29 bits per heavy atom. The van der Waals surface area contributed by atoms with Crippen LogP contribution in [-0.2, 0) is 11.3 Å². The molecule has 0 aromatic heterocycles.